The number of hydrogen-bond donors (Lipinski definition) is 0. The van der Waals surface area contributed by atoms with Gasteiger partial charge < -0.3 is 9.47 Å². The molecule has 0 saturated carbocycles. The largest absolute Gasteiger partial charge is 0.341 e. The molecule has 0 radical (unpaired) electrons. The van der Waals surface area contributed by atoms with Crippen LogP contribution in [0.15, 0.2) is 53.4 Å². The van der Waals surface area contributed by atoms with Gasteiger partial charge in [0.1, 0.15) is 6.54 Å². The second-order valence-electron chi connectivity index (χ2n) is 9.24. The molecule has 2 aliphatic heterocycles. The number of likely N-dealkylation sites (tertiary alicyclic amines) is 1. The lowest BCUT2D eigenvalue weighted by Gasteiger charge is -2.27. The first kappa shape index (κ1) is 24.8. The summed E-state index contributed by atoms with van der Waals surface area (Å²) in [6.45, 7) is 3.53. The highest BCUT2D eigenvalue weighted by atomic mass is 32.2. The maximum absolute atomic E-state index is 13.2. The lowest BCUT2D eigenvalue weighted by molar-refractivity contribution is -0.384. The summed E-state index contributed by atoms with van der Waals surface area (Å²) in [7, 11) is 0. The minimum Gasteiger partial charge on any atom is -0.341 e. The number of benzene rings is 2. The number of hydrogen-bond acceptors (Lipinski definition) is 6. The van der Waals surface area contributed by atoms with Crippen LogP contribution in [0.4, 0.5) is 10.5 Å². The van der Waals surface area contributed by atoms with E-state index in [1.54, 1.807) is 23.1 Å². The van der Waals surface area contributed by atoms with Gasteiger partial charge in [-0.3, -0.25) is 29.4 Å². The maximum atomic E-state index is 13.2. The first-order chi connectivity index (χ1) is 17.8. The number of non-ortho nitro benzene ring substituents is 1. The predicted molar refractivity (Wildman–Crippen MR) is 142 cm³/mol. The number of nitro groups is 1. The van der Waals surface area contributed by atoms with Crippen LogP contribution < -0.4 is 0 Å². The smallest absolute Gasteiger partial charge is 0.294 e. The molecule has 0 unspecified atom stereocenters. The number of carbonyl (C=O) groups is 3. The van der Waals surface area contributed by atoms with E-state index >= 15 is 0 Å². The quantitative estimate of drug-likeness (QED) is 0.260. The number of piperidine rings is 1. The van der Waals surface area contributed by atoms with Gasteiger partial charge in [-0.25, -0.2) is 0 Å². The van der Waals surface area contributed by atoms with Gasteiger partial charge in [-0.15, -0.1) is 0 Å². The lowest BCUT2D eigenvalue weighted by Crippen LogP contribution is -2.44. The van der Waals surface area contributed by atoms with E-state index in [9.17, 15) is 24.5 Å². The Balaban J connectivity index is 1.43. The molecule has 2 fully saturated rings. The third-order valence-corrected chi connectivity index (χ3v) is 7.83. The molecule has 0 spiro atoms. The van der Waals surface area contributed by atoms with E-state index in [0.717, 1.165) is 63.6 Å². The van der Waals surface area contributed by atoms with Crippen molar-refractivity contribution < 1.29 is 19.3 Å². The summed E-state index contributed by atoms with van der Waals surface area (Å²) in [6, 6.07) is 14.2. The Labute approximate surface area is 217 Å². The van der Waals surface area contributed by atoms with Crippen LogP contribution in [0, 0.1) is 17.0 Å². The minimum atomic E-state index is -0.452. The molecular weight excluding hydrogens is 492 g/mol. The molecule has 9 nitrogen and oxygen atoms in total. The number of fused-ring (bicyclic) bond motifs is 1. The SMILES string of the molecule is Cc1c(/C=C2\SC(=O)N(CC(=O)N3CCCCC3)C2=O)c2ccccc2n1Cc1ccc([N+](=O)[O-])cc1. The zero-order valence-electron chi connectivity index (χ0n) is 20.4. The number of nitro benzene ring substituents is 1. The molecule has 0 bridgehead atoms. The van der Waals surface area contributed by atoms with Gasteiger partial charge in [0.05, 0.1) is 9.83 Å². The van der Waals surface area contributed by atoms with Gasteiger partial charge in [0.2, 0.25) is 5.91 Å². The molecule has 3 amide bonds. The average molecular weight is 519 g/mol. The van der Waals surface area contributed by atoms with Gasteiger partial charge >= 0.3 is 0 Å². The Bertz CT molecular complexity index is 1440. The van der Waals surface area contributed by atoms with Crippen LogP contribution in [0.25, 0.3) is 17.0 Å². The van der Waals surface area contributed by atoms with Gasteiger partial charge in [-0.2, -0.15) is 0 Å². The number of amides is 3. The highest BCUT2D eigenvalue weighted by Gasteiger charge is 2.37. The molecule has 3 aromatic rings. The first-order valence-corrected chi connectivity index (χ1v) is 13.0. The van der Waals surface area contributed by atoms with E-state index in [1.807, 2.05) is 31.2 Å². The van der Waals surface area contributed by atoms with Crippen LogP contribution in [0.2, 0.25) is 0 Å². The van der Waals surface area contributed by atoms with Crippen LogP contribution in [0.5, 0.6) is 0 Å². The Morgan fingerprint density at radius 2 is 1.76 bits per heavy atom. The summed E-state index contributed by atoms with van der Waals surface area (Å²) >= 11 is 0.855. The van der Waals surface area contributed by atoms with E-state index < -0.39 is 16.1 Å². The summed E-state index contributed by atoms with van der Waals surface area (Å²) in [4.78, 5) is 52.1. The minimum absolute atomic E-state index is 0.0352. The van der Waals surface area contributed by atoms with Crippen molar-refractivity contribution in [1.82, 2.24) is 14.4 Å². The van der Waals surface area contributed by atoms with Crippen molar-refractivity contribution >= 4 is 51.5 Å². The maximum Gasteiger partial charge on any atom is 0.294 e. The highest BCUT2D eigenvalue weighted by molar-refractivity contribution is 8.18. The molecule has 37 heavy (non-hydrogen) atoms. The molecule has 10 heteroatoms. The number of thioether (sulfide) groups is 1. The molecule has 2 saturated heterocycles. The Hall–Kier alpha value is -3.92. The van der Waals surface area contributed by atoms with E-state index in [2.05, 4.69) is 4.57 Å². The van der Waals surface area contributed by atoms with E-state index in [-0.39, 0.29) is 23.0 Å². The van der Waals surface area contributed by atoms with Crippen molar-refractivity contribution in [3.63, 3.8) is 0 Å². The Kier molecular flexibility index (Phi) is 6.84. The topological polar surface area (TPSA) is 106 Å². The van der Waals surface area contributed by atoms with Gasteiger partial charge in [-0.05, 0) is 55.7 Å². The molecule has 0 atom stereocenters. The van der Waals surface area contributed by atoms with Crippen molar-refractivity contribution in [1.29, 1.82) is 0 Å². The zero-order chi connectivity index (χ0) is 26.1. The number of aromatic nitrogens is 1. The number of imide groups is 1. The fourth-order valence-electron chi connectivity index (χ4n) is 4.90. The molecule has 190 valence electrons. The second-order valence-corrected chi connectivity index (χ2v) is 10.2. The summed E-state index contributed by atoms with van der Waals surface area (Å²) < 4.78 is 2.09. The van der Waals surface area contributed by atoms with Crippen LogP contribution in [0.1, 0.15) is 36.1 Å². The molecule has 5 rings (SSSR count). The van der Waals surface area contributed by atoms with E-state index in [0.29, 0.717) is 19.6 Å². The molecular formula is C27H26N4O5S. The van der Waals surface area contributed by atoms with Crippen LogP contribution >= 0.6 is 11.8 Å². The molecule has 1 aromatic heterocycles. The van der Waals surface area contributed by atoms with Crippen molar-refractivity contribution in [2.24, 2.45) is 0 Å². The normalized spacial score (nSPS) is 17.3. The molecule has 0 aliphatic carbocycles. The zero-order valence-corrected chi connectivity index (χ0v) is 21.2. The van der Waals surface area contributed by atoms with Crippen molar-refractivity contribution in [2.45, 2.75) is 32.7 Å². The summed E-state index contributed by atoms with van der Waals surface area (Å²) in [5, 5.41) is 11.5. The average Bonchev–Trinajstić information content (AvgIpc) is 3.32. The number of rotatable bonds is 6. The monoisotopic (exact) mass is 518 g/mol. The predicted octanol–water partition coefficient (Wildman–Crippen LogP) is 4.96. The third kappa shape index (κ3) is 4.89. The second kappa shape index (κ2) is 10.2. The Morgan fingerprint density at radius 3 is 2.46 bits per heavy atom. The van der Waals surface area contributed by atoms with Gasteiger partial charge in [0, 0.05) is 53.9 Å². The van der Waals surface area contributed by atoms with E-state index in [1.165, 1.54) is 12.1 Å². The summed E-state index contributed by atoms with van der Waals surface area (Å²) in [5.41, 5.74) is 3.61. The van der Waals surface area contributed by atoms with Gasteiger partial charge in [0.15, 0.2) is 0 Å². The number of para-hydroxylation sites is 1. The van der Waals surface area contributed by atoms with Crippen molar-refractivity contribution in [3.05, 3.63) is 80.4 Å². The first-order valence-electron chi connectivity index (χ1n) is 12.2. The number of carbonyl (C=O) groups excluding carboxylic acids is 3. The fraction of sp³-hybridized carbons (Fsp3) is 0.296. The van der Waals surface area contributed by atoms with Gasteiger partial charge in [-0.1, -0.05) is 30.3 Å². The lowest BCUT2D eigenvalue weighted by atomic mass is 10.1. The Morgan fingerprint density at radius 1 is 1.05 bits per heavy atom. The highest BCUT2D eigenvalue weighted by Crippen LogP contribution is 2.36. The third-order valence-electron chi connectivity index (χ3n) is 6.92. The van der Waals surface area contributed by atoms with Crippen LogP contribution in [0.3, 0.4) is 0 Å². The summed E-state index contributed by atoms with van der Waals surface area (Å²) in [6.07, 6.45) is 4.71. The molecule has 2 aliphatic rings. The van der Waals surface area contributed by atoms with Crippen molar-refractivity contribution in [2.75, 3.05) is 19.6 Å². The van der Waals surface area contributed by atoms with E-state index in [4.69, 9.17) is 0 Å². The molecule has 3 heterocycles. The van der Waals surface area contributed by atoms with Crippen LogP contribution in [-0.4, -0.2) is 56.0 Å². The standard InChI is InChI=1S/C27H26N4O5S/c1-18-22(15-24-26(33)30(27(34)37-24)17-25(32)28-13-5-2-6-14-28)21-7-3-4-8-23(21)29(18)16-19-9-11-20(12-10-19)31(35)36/h3-4,7-12,15H,2,5-6,13-14,16-17H2,1H3/b24-15-. The summed E-state index contributed by atoms with van der Waals surface area (Å²) in [5.74, 6) is -0.647. The molecule has 2 aromatic carbocycles. The van der Waals surface area contributed by atoms with Crippen molar-refractivity contribution in [3.8, 4) is 0 Å². The van der Waals surface area contributed by atoms with Crippen LogP contribution in [-0.2, 0) is 16.1 Å². The number of nitrogens with zero attached hydrogens (tertiary/aromatic N) is 4. The van der Waals surface area contributed by atoms with Gasteiger partial charge in [0.25, 0.3) is 16.8 Å². The fourth-order valence-corrected chi connectivity index (χ4v) is 5.72. The molecule has 0 N–H and O–H groups in total.